The number of nitrogens with one attached hydrogen (secondary N) is 3. The first-order chi connectivity index (χ1) is 11.1. The summed E-state index contributed by atoms with van der Waals surface area (Å²) in [6.45, 7) is 11.7. The third kappa shape index (κ3) is 6.45. The highest BCUT2D eigenvalue weighted by molar-refractivity contribution is 7.80. The number of anilines is 1. The molecule has 0 radical (unpaired) electrons. The van der Waals surface area contributed by atoms with Crippen molar-refractivity contribution in [2.75, 3.05) is 38.1 Å². The van der Waals surface area contributed by atoms with E-state index in [0.29, 0.717) is 5.11 Å². The Labute approximate surface area is 145 Å². The molecule has 2 atom stereocenters. The first kappa shape index (κ1) is 18.2. The lowest BCUT2D eigenvalue weighted by Crippen LogP contribution is -3.15. The van der Waals surface area contributed by atoms with Crippen LogP contribution in [0.1, 0.15) is 26.3 Å². The molecule has 0 aliphatic carbocycles. The second kappa shape index (κ2) is 9.21. The summed E-state index contributed by atoms with van der Waals surface area (Å²) in [5, 5.41) is 7.18. The van der Waals surface area contributed by atoms with Gasteiger partial charge < -0.3 is 20.3 Å². The van der Waals surface area contributed by atoms with Gasteiger partial charge in [0.2, 0.25) is 0 Å². The minimum atomic E-state index is 0.236. The number of benzene rings is 1. The van der Waals surface area contributed by atoms with Gasteiger partial charge in [0.25, 0.3) is 0 Å². The Morgan fingerprint density at radius 3 is 2.74 bits per heavy atom. The van der Waals surface area contributed by atoms with E-state index >= 15 is 0 Å². The number of morpholine rings is 1. The Bertz CT molecular complexity index is 490. The van der Waals surface area contributed by atoms with Crippen molar-refractivity contribution < 1.29 is 9.64 Å². The lowest BCUT2D eigenvalue weighted by Gasteiger charge is -2.31. The predicted octanol–water partition coefficient (Wildman–Crippen LogP) is 1.48. The van der Waals surface area contributed by atoms with Gasteiger partial charge in [-0.2, -0.15) is 0 Å². The molecular weight excluding hydrogens is 306 g/mol. The summed E-state index contributed by atoms with van der Waals surface area (Å²) in [6, 6.07) is 8.39. The molecule has 1 aromatic rings. The summed E-state index contributed by atoms with van der Waals surface area (Å²) >= 11 is 5.38. The van der Waals surface area contributed by atoms with Gasteiger partial charge in [0, 0.05) is 18.2 Å². The summed E-state index contributed by atoms with van der Waals surface area (Å²) in [4.78, 5) is 1.63. The molecule has 1 aromatic carbocycles. The van der Waals surface area contributed by atoms with Crippen molar-refractivity contribution in [2.24, 2.45) is 5.92 Å². The predicted molar refractivity (Wildman–Crippen MR) is 100 cm³/mol. The number of thiocarbonyl (C=S) groups is 1. The molecule has 23 heavy (non-hydrogen) atoms. The molecule has 0 saturated carbocycles. The van der Waals surface area contributed by atoms with Crippen molar-refractivity contribution >= 4 is 23.0 Å². The molecule has 1 saturated heterocycles. The summed E-state index contributed by atoms with van der Waals surface area (Å²) < 4.78 is 5.85. The van der Waals surface area contributed by atoms with Crippen molar-refractivity contribution in [1.29, 1.82) is 0 Å². The van der Waals surface area contributed by atoms with E-state index in [1.807, 2.05) is 0 Å². The quantitative estimate of drug-likeness (QED) is 0.688. The minimum absolute atomic E-state index is 0.236. The average Bonchev–Trinajstić information content (AvgIpc) is 2.53. The van der Waals surface area contributed by atoms with E-state index in [1.165, 1.54) is 12.1 Å². The van der Waals surface area contributed by atoms with Crippen LogP contribution < -0.4 is 15.5 Å². The maximum Gasteiger partial charge on any atom is 0.170 e. The van der Waals surface area contributed by atoms with E-state index in [2.05, 4.69) is 55.7 Å². The second-order valence-electron chi connectivity index (χ2n) is 6.68. The van der Waals surface area contributed by atoms with Gasteiger partial charge >= 0.3 is 0 Å². The molecule has 5 heteroatoms. The topological polar surface area (TPSA) is 37.7 Å². The van der Waals surface area contributed by atoms with Gasteiger partial charge in [0.05, 0.1) is 13.2 Å². The largest absolute Gasteiger partial charge is 0.365 e. The zero-order valence-electron chi connectivity index (χ0n) is 14.5. The molecule has 1 unspecified atom stereocenters. The van der Waals surface area contributed by atoms with E-state index in [-0.39, 0.29) is 6.10 Å². The SMILES string of the molecule is CCc1ccc(NC(=S)NC[C@@H]2C[NH+](CC(C)C)CCO2)cc1. The molecule has 1 aliphatic heterocycles. The van der Waals surface area contributed by atoms with Gasteiger partial charge in [-0.15, -0.1) is 0 Å². The van der Waals surface area contributed by atoms with Crippen LogP contribution in [0, 0.1) is 5.92 Å². The van der Waals surface area contributed by atoms with Crippen molar-refractivity contribution in [1.82, 2.24) is 5.32 Å². The Morgan fingerprint density at radius 1 is 1.35 bits per heavy atom. The molecule has 0 spiro atoms. The summed E-state index contributed by atoms with van der Waals surface area (Å²) in [5.74, 6) is 0.727. The molecule has 0 bridgehead atoms. The molecule has 0 aromatic heterocycles. The number of hydrogen-bond acceptors (Lipinski definition) is 2. The number of rotatable bonds is 6. The van der Waals surface area contributed by atoms with Crippen LogP contribution in [0.2, 0.25) is 0 Å². The molecule has 3 N–H and O–H groups in total. The van der Waals surface area contributed by atoms with Crippen molar-refractivity contribution in [3.8, 4) is 0 Å². The molecule has 1 fully saturated rings. The van der Waals surface area contributed by atoms with Crippen molar-refractivity contribution in [2.45, 2.75) is 33.3 Å². The number of ether oxygens (including phenoxy) is 1. The van der Waals surface area contributed by atoms with Crippen LogP contribution >= 0.6 is 12.2 Å². The smallest absolute Gasteiger partial charge is 0.170 e. The molecule has 0 amide bonds. The van der Waals surface area contributed by atoms with E-state index in [4.69, 9.17) is 17.0 Å². The normalized spacial score (nSPS) is 21.2. The van der Waals surface area contributed by atoms with Crippen molar-refractivity contribution in [3.63, 3.8) is 0 Å². The molecule has 1 aliphatic rings. The van der Waals surface area contributed by atoms with Crippen LogP contribution in [0.3, 0.4) is 0 Å². The fourth-order valence-corrected chi connectivity index (χ4v) is 3.15. The molecule has 2 rings (SSSR count). The Morgan fingerprint density at radius 2 is 2.09 bits per heavy atom. The standard InChI is InChI=1S/C18H29N3OS/c1-4-15-5-7-16(8-6-15)20-18(23)19-11-17-13-21(9-10-22-17)12-14(2)3/h5-8,14,17H,4,9-13H2,1-3H3,(H2,19,20,23)/p+1/t17-/m1/s1. The first-order valence-electron chi connectivity index (χ1n) is 8.65. The number of aryl methyl sites for hydroxylation is 1. The van der Waals surface area contributed by atoms with Crippen LogP contribution in [0.25, 0.3) is 0 Å². The third-order valence-electron chi connectivity index (χ3n) is 4.13. The molecule has 1 heterocycles. The number of quaternary nitrogens is 1. The van der Waals surface area contributed by atoms with E-state index in [0.717, 1.165) is 44.3 Å². The maximum absolute atomic E-state index is 5.85. The van der Waals surface area contributed by atoms with Crippen LogP contribution in [0.15, 0.2) is 24.3 Å². The molecule has 128 valence electrons. The number of hydrogen-bond donors (Lipinski definition) is 3. The zero-order chi connectivity index (χ0) is 16.7. The van der Waals surface area contributed by atoms with Crippen molar-refractivity contribution in [3.05, 3.63) is 29.8 Å². The molecule has 4 nitrogen and oxygen atoms in total. The highest BCUT2D eigenvalue weighted by atomic mass is 32.1. The first-order valence-corrected chi connectivity index (χ1v) is 9.06. The lowest BCUT2D eigenvalue weighted by molar-refractivity contribution is -0.914. The van der Waals surface area contributed by atoms with E-state index in [9.17, 15) is 0 Å². The maximum atomic E-state index is 5.85. The van der Waals surface area contributed by atoms with Crippen LogP contribution in [-0.4, -0.2) is 44.0 Å². The third-order valence-corrected chi connectivity index (χ3v) is 4.38. The molecular formula is C18H30N3OS+. The average molecular weight is 337 g/mol. The van der Waals surface area contributed by atoms with E-state index < -0.39 is 0 Å². The summed E-state index contributed by atoms with van der Waals surface area (Å²) in [7, 11) is 0. The van der Waals surface area contributed by atoms with E-state index in [1.54, 1.807) is 4.90 Å². The summed E-state index contributed by atoms with van der Waals surface area (Å²) in [6.07, 6.45) is 1.29. The summed E-state index contributed by atoms with van der Waals surface area (Å²) in [5.41, 5.74) is 2.36. The zero-order valence-corrected chi connectivity index (χ0v) is 15.3. The van der Waals surface area contributed by atoms with Gasteiger partial charge in [-0.25, -0.2) is 0 Å². The van der Waals surface area contributed by atoms with Crippen LogP contribution in [0.4, 0.5) is 5.69 Å². The second-order valence-corrected chi connectivity index (χ2v) is 7.09. The Hall–Kier alpha value is -1.17. The fourth-order valence-electron chi connectivity index (χ4n) is 2.95. The Balaban J connectivity index is 1.72. The highest BCUT2D eigenvalue weighted by Gasteiger charge is 2.24. The van der Waals surface area contributed by atoms with Gasteiger partial charge in [-0.3, -0.25) is 0 Å². The minimum Gasteiger partial charge on any atom is -0.365 e. The Kier molecular flexibility index (Phi) is 7.27. The van der Waals surface area contributed by atoms with Gasteiger partial charge in [0.1, 0.15) is 19.2 Å². The monoisotopic (exact) mass is 336 g/mol. The van der Waals surface area contributed by atoms with Crippen LogP contribution in [-0.2, 0) is 11.2 Å². The van der Waals surface area contributed by atoms with Gasteiger partial charge in [-0.1, -0.05) is 32.9 Å². The highest BCUT2D eigenvalue weighted by Crippen LogP contribution is 2.09. The fraction of sp³-hybridized carbons (Fsp3) is 0.611. The lowest BCUT2D eigenvalue weighted by atomic mass is 10.1. The van der Waals surface area contributed by atoms with Gasteiger partial charge in [0.15, 0.2) is 5.11 Å². The van der Waals surface area contributed by atoms with Crippen LogP contribution in [0.5, 0.6) is 0 Å². The van der Waals surface area contributed by atoms with Gasteiger partial charge in [-0.05, 0) is 36.3 Å².